The molecule has 0 aliphatic rings. The first-order chi connectivity index (χ1) is 6.36. The summed E-state index contributed by atoms with van der Waals surface area (Å²) in [5, 5.41) is 11.7. The topological polar surface area (TPSA) is 45.1 Å². The van der Waals surface area contributed by atoms with Crippen molar-refractivity contribution in [2.45, 2.75) is 6.61 Å². The normalized spacial score (nSPS) is 9.08. The Morgan fingerprint density at radius 1 is 1.54 bits per heavy atom. The zero-order valence-corrected chi connectivity index (χ0v) is 7.54. The Balaban J connectivity index is 2.73. The highest BCUT2D eigenvalue weighted by Crippen LogP contribution is 1.97. The van der Waals surface area contributed by atoms with Crippen molar-refractivity contribution < 1.29 is 5.11 Å². The number of hydrogen-bond donors (Lipinski definition) is 2. The summed E-state index contributed by atoms with van der Waals surface area (Å²) in [7, 11) is 1.84. The monoisotopic (exact) mass is 176 g/mol. The molecule has 0 aromatic carbocycles. The fourth-order valence-corrected chi connectivity index (χ4v) is 0.860. The lowest BCUT2D eigenvalue weighted by Crippen LogP contribution is -2.04. The van der Waals surface area contributed by atoms with Gasteiger partial charge >= 0.3 is 0 Å². The zero-order chi connectivity index (χ0) is 9.52. The van der Waals surface area contributed by atoms with Crippen LogP contribution in [-0.4, -0.2) is 23.7 Å². The van der Waals surface area contributed by atoms with E-state index in [0.29, 0.717) is 17.9 Å². The highest BCUT2D eigenvalue weighted by molar-refractivity contribution is 5.28. The zero-order valence-electron chi connectivity index (χ0n) is 7.54. The molecule has 0 aliphatic heterocycles. The molecule has 0 spiro atoms. The van der Waals surface area contributed by atoms with Crippen LogP contribution >= 0.6 is 0 Å². The van der Waals surface area contributed by atoms with E-state index < -0.39 is 0 Å². The van der Waals surface area contributed by atoms with Gasteiger partial charge in [0.1, 0.15) is 5.69 Å². The van der Waals surface area contributed by atoms with Crippen molar-refractivity contribution in [3.8, 4) is 11.8 Å². The molecule has 3 nitrogen and oxygen atoms in total. The van der Waals surface area contributed by atoms with Crippen LogP contribution in [0.5, 0.6) is 0 Å². The summed E-state index contributed by atoms with van der Waals surface area (Å²) in [6, 6.07) is 5.42. The SMILES string of the molecule is CNCC#Cc1cccc(CO)n1. The lowest BCUT2D eigenvalue weighted by atomic mass is 10.3. The Morgan fingerprint density at radius 3 is 3.08 bits per heavy atom. The third kappa shape index (κ3) is 3.24. The molecule has 0 atom stereocenters. The Labute approximate surface area is 77.8 Å². The molecule has 0 radical (unpaired) electrons. The minimum absolute atomic E-state index is 0.0401. The number of pyridine rings is 1. The summed E-state index contributed by atoms with van der Waals surface area (Å²) in [5.74, 6) is 5.78. The van der Waals surface area contributed by atoms with E-state index in [9.17, 15) is 0 Å². The highest BCUT2D eigenvalue weighted by atomic mass is 16.3. The van der Waals surface area contributed by atoms with Gasteiger partial charge in [-0.25, -0.2) is 4.98 Å². The number of hydrogen-bond acceptors (Lipinski definition) is 3. The number of rotatable bonds is 2. The van der Waals surface area contributed by atoms with Crippen molar-refractivity contribution in [2.75, 3.05) is 13.6 Å². The van der Waals surface area contributed by atoms with E-state index in [1.54, 1.807) is 6.07 Å². The van der Waals surface area contributed by atoms with Crippen LogP contribution in [0.25, 0.3) is 0 Å². The minimum Gasteiger partial charge on any atom is -0.390 e. The van der Waals surface area contributed by atoms with Crippen LogP contribution in [0.15, 0.2) is 18.2 Å². The third-order valence-electron chi connectivity index (χ3n) is 1.45. The van der Waals surface area contributed by atoms with Crippen LogP contribution in [0.1, 0.15) is 11.4 Å². The highest BCUT2D eigenvalue weighted by Gasteiger charge is 1.91. The van der Waals surface area contributed by atoms with Gasteiger partial charge in [-0.15, -0.1) is 0 Å². The Bertz CT molecular complexity index is 325. The summed E-state index contributed by atoms with van der Waals surface area (Å²) in [6.07, 6.45) is 0. The Hall–Kier alpha value is -1.37. The smallest absolute Gasteiger partial charge is 0.113 e. The minimum atomic E-state index is -0.0401. The number of nitrogens with zero attached hydrogens (tertiary/aromatic N) is 1. The number of aromatic nitrogens is 1. The molecule has 0 amide bonds. The van der Waals surface area contributed by atoms with Crippen molar-refractivity contribution in [2.24, 2.45) is 0 Å². The average Bonchev–Trinajstić information content (AvgIpc) is 2.19. The third-order valence-corrected chi connectivity index (χ3v) is 1.45. The van der Waals surface area contributed by atoms with Crippen molar-refractivity contribution in [1.82, 2.24) is 10.3 Å². The summed E-state index contributed by atoms with van der Waals surface area (Å²) in [5.41, 5.74) is 1.35. The predicted molar refractivity (Wildman–Crippen MR) is 51.0 cm³/mol. The molecule has 0 saturated carbocycles. The van der Waals surface area contributed by atoms with Gasteiger partial charge in [0.25, 0.3) is 0 Å². The fraction of sp³-hybridized carbons (Fsp3) is 0.300. The molecule has 0 fully saturated rings. The maximum Gasteiger partial charge on any atom is 0.113 e. The van der Waals surface area contributed by atoms with Gasteiger partial charge in [0.2, 0.25) is 0 Å². The largest absolute Gasteiger partial charge is 0.390 e. The van der Waals surface area contributed by atoms with Gasteiger partial charge in [-0.1, -0.05) is 12.0 Å². The van der Waals surface area contributed by atoms with Gasteiger partial charge in [-0.05, 0) is 25.1 Å². The van der Waals surface area contributed by atoms with Gasteiger partial charge < -0.3 is 10.4 Å². The van der Waals surface area contributed by atoms with E-state index in [4.69, 9.17) is 5.11 Å². The molecular weight excluding hydrogens is 164 g/mol. The van der Waals surface area contributed by atoms with E-state index >= 15 is 0 Å². The number of aliphatic hydroxyl groups excluding tert-OH is 1. The first-order valence-electron chi connectivity index (χ1n) is 4.07. The van der Waals surface area contributed by atoms with Gasteiger partial charge in [-0.3, -0.25) is 0 Å². The van der Waals surface area contributed by atoms with Gasteiger partial charge in [0.15, 0.2) is 0 Å². The molecular formula is C10H12N2O. The Kier molecular flexibility index (Phi) is 3.97. The van der Waals surface area contributed by atoms with Crippen LogP contribution in [0, 0.1) is 11.8 Å². The quantitative estimate of drug-likeness (QED) is 0.630. The fourth-order valence-electron chi connectivity index (χ4n) is 0.860. The summed E-state index contributed by atoms with van der Waals surface area (Å²) >= 11 is 0. The summed E-state index contributed by atoms with van der Waals surface area (Å²) in [4.78, 5) is 4.11. The van der Waals surface area contributed by atoms with E-state index in [1.165, 1.54) is 0 Å². The maximum absolute atomic E-state index is 8.81. The maximum atomic E-state index is 8.81. The molecule has 1 heterocycles. The molecule has 13 heavy (non-hydrogen) atoms. The second-order valence-corrected chi connectivity index (χ2v) is 2.50. The van der Waals surface area contributed by atoms with Crippen molar-refractivity contribution >= 4 is 0 Å². The molecule has 2 N–H and O–H groups in total. The van der Waals surface area contributed by atoms with Crippen molar-refractivity contribution in [3.05, 3.63) is 29.6 Å². The molecule has 1 aromatic rings. The van der Waals surface area contributed by atoms with Gasteiger partial charge in [0, 0.05) is 0 Å². The summed E-state index contributed by atoms with van der Waals surface area (Å²) < 4.78 is 0. The van der Waals surface area contributed by atoms with Crippen molar-refractivity contribution in [1.29, 1.82) is 0 Å². The Morgan fingerprint density at radius 2 is 2.38 bits per heavy atom. The summed E-state index contributed by atoms with van der Waals surface area (Å²) in [6.45, 7) is 0.604. The molecule has 0 saturated heterocycles. The van der Waals surface area contributed by atoms with Crippen LogP contribution in [0.4, 0.5) is 0 Å². The predicted octanol–water partition coefficient (Wildman–Crippen LogP) is 0.145. The second kappa shape index (κ2) is 5.31. The average molecular weight is 176 g/mol. The van der Waals surface area contributed by atoms with E-state index in [0.717, 1.165) is 0 Å². The van der Waals surface area contributed by atoms with Gasteiger partial charge in [-0.2, -0.15) is 0 Å². The number of nitrogens with one attached hydrogen (secondary N) is 1. The van der Waals surface area contributed by atoms with Crippen LogP contribution in [0.3, 0.4) is 0 Å². The standard InChI is InChI=1S/C10H12N2O/c1-11-7-3-6-9-4-2-5-10(8-13)12-9/h2,4-5,11,13H,7-8H2,1H3. The molecule has 0 bridgehead atoms. The van der Waals surface area contributed by atoms with Gasteiger partial charge in [0.05, 0.1) is 18.8 Å². The lowest BCUT2D eigenvalue weighted by Gasteiger charge is -1.94. The van der Waals surface area contributed by atoms with E-state index in [2.05, 4.69) is 22.1 Å². The molecule has 68 valence electrons. The first-order valence-corrected chi connectivity index (χ1v) is 4.07. The van der Waals surface area contributed by atoms with Crippen LogP contribution in [-0.2, 0) is 6.61 Å². The van der Waals surface area contributed by atoms with Crippen molar-refractivity contribution in [3.63, 3.8) is 0 Å². The van der Waals surface area contributed by atoms with Crippen LogP contribution < -0.4 is 5.32 Å². The molecule has 0 aliphatic carbocycles. The van der Waals surface area contributed by atoms with E-state index in [-0.39, 0.29) is 6.61 Å². The van der Waals surface area contributed by atoms with E-state index in [1.807, 2.05) is 19.2 Å². The van der Waals surface area contributed by atoms with Crippen LogP contribution in [0.2, 0.25) is 0 Å². The second-order valence-electron chi connectivity index (χ2n) is 2.50. The molecule has 0 unspecified atom stereocenters. The first kappa shape index (κ1) is 9.72. The molecule has 1 rings (SSSR count). The molecule has 1 aromatic heterocycles. The number of aliphatic hydroxyl groups is 1. The molecule has 3 heteroatoms. The lowest BCUT2D eigenvalue weighted by molar-refractivity contribution is 0.277.